The van der Waals surface area contributed by atoms with Gasteiger partial charge in [-0.15, -0.1) is 0 Å². The summed E-state index contributed by atoms with van der Waals surface area (Å²) in [7, 11) is 1.55. The molecule has 0 aliphatic carbocycles. The first-order valence-electron chi connectivity index (χ1n) is 18.5. The largest absolute Gasteiger partial charge is 0.472 e. The maximum atomic E-state index is 12.8. The fraction of sp³-hybridized carbons (Fsp3) is 0.763. The second kappa shape index (κ2) is 30.5. The Morgan fingerprint density at radius 1 is 0.745 bits per heavy atom. The Kier molecular flexibility index (Phi) is 29.5. The fourth-order valence-electron chi connectivity index (χ4n) is 4.82. The van der Waals surface area contributed by atoms with E-state index in [0.29, 0.717) is 17.4 Å². The number of amides is 1. The van der Waals surface area contributed by atoms with Crippen LogP contribution < -0.4 is 5.32 Å². The van der Waals surface area contributed by atoms with Crippen LogP contribution in [0, 0.1) is 0 Å². The van der Waals surface area contributed by atoms with Crippen molar-refractivity contribution in [1.82, 2.24) is 5.32 Å². The van der Waals surface area contributed by atoms with Crippen LogP contribution in [0.2, 0.25) is 0 Å². The van der Waals surface area contributed by atoms with Gasteiger partial charge in [0.25, 0.3) is 0 Å². The monoisotopic (exact) mass is 684 g/mol. The molecule has 0 aliphatic rings. The molecule has 0 rings (SSSR count). The number of carbonyl (C=O) groups is 1. The Morgan fingerprint density at radius 3 is 1.87 bits per heavy atom. The van der Waals surface area contributed by atoms with Crippen molar-refractivity contribution in [2.75, 3.05) is 40.9 Å². The minimum absolute atomic E-state index is 0.0557. The first kappa shape index (κ1) is 45.5. The molecular formula is C38H72N2O6P+. The number of unbranched alkanes of at least 4 members (excludes halogenated alkanes) is 13. The van der Waals surface area contributed by atoms with Crippen LogP contribution in [0.15, 0.2) is 48.6 Å². The molecule has 0 bridgehead atoms. The van der Waals surface area contributed by atoms with Crippen molar-refractivity contribution in [2.24, 2.45) is 0 Å². The molecule has 9 heteroatoms. The highest BCUT2D eigenvalue weighted by molar-refractivity contribution is 7.47. The third-order valence-electron chi connectivity index (χ3n) is 7.80. The molecule has 8 nitrogen and oxygen atoms in total. The number of aliphatic hydroxyl groups excluding tert-OH is 1. The standard InChI is InChI=1S/C38H71N2O6P/c1-6-8-10-12-14-16-18-19-20-21-22-24-26-28-30-32-38(42)39-36(35-46-47(43,44)45-34-33-40(3,4)5)37(41)31-29-27-25-23-17-15-13-11-9-7-2/h8,10,14,16,19-20,29,31,36-37,41H,6-7,9,11-13,15,17-18,21-28,30,32-35H2,1-5H3,(H-,39,42,43,44)/p+1/b10-8-,16-14-,20-19-,31-29+. The van der Waals surface area contributed by atoms with Gasteiger partial charge >= 0.3 is 7.82 Å². The zero-order valence-corrected chi connectivity index (χ0v) is 31.6. The molecule has 3 unspecified atom stereocenters. The Morgan fingerprint density at radius 2 is 1.28 bits per heavy atom. The molecule has 0 spiro atoms. The third kappa shape index (κ3) is 32.8. The highest BCUT2D eigenvalue weighted by Crippen LogP contribution is 2.43. The molecule has 47 heavy (non-hydrogen) atoms. The SMILES string of the molecule is CC/C=C\C/C=C\C/C=C\CCCCCCCC(=O)NC(COP(=O)(O)OCC[N+](C)(C)C)C(O)/C=C/CCCCCCCCCC. The van der Waals surface area contributed by atoms with Gasteiger partial charge in [0.1, 0.15) is 13.2 Å². The number of phosphoric acid groups is 1. The van der Waals surface area contributed by atoms with Gasteiger partial charge in [-0.3, -0.25) is 13.8 Å². The number of allylic oxidation sites excluding steroid dienone is 7. The average molecular weight is 684 g/mol. The van der Waals surface area contributed by atoms with Crippen molar-refractivity contribution < 1.29 is 32.9 Å². The zero-order chi connectivity index (χ0) is 35.1. The highest BCUT2D eigenvalue weighted by atomic mass is 31.2. The van der Waals surface area contributed by atoms with Crippen molar-refractivity contribution in [3.63, 3.8) is 0 Å². The maximum absolute atomic E-state index is 12.8. The second-order valence-corrected chi connectivity index (χ2v) is 15.0. The number of hydrogen-bond acceptors (Lipinski definition) is 5. The van der Waals surface area contributed by atoms with Crippen LogP contribution >= 0.6 is 7.82 Å². The lowest BCUT2D eigenvalue weighted by Gasteiger charge is -2.25. The number of nitrogens with one attached hydrogen (secondary N) is 1. The van der Waals surface area contributed by atoms with E-state index in [1.165, 1.54) is 38.5 Å². The summed E-state index contributed by atoms with van der Waals surface area (Å²) in [5.74, 6) is -0.200. The molecule has 0 saturated carbocycles. The lowest BCUT2D eigenvalue weighted by atomic mass is 10.1. The van der Waals surface area contributed by atoms with Crippen LogP contribution in [-0.2, 0) is 18.4 Å². The predicted octanol–water partition coefficient (Wildman–Crippen LogP) is 9.35. The molecule has 0 saturated heterocycles. The molecule has 0 aliphatic heterocycles. The Labute approximate surface area is 289 Å². The minimum atomic E-state index is -4.33. The van der Waals surface area contributed by atoms with Gasteiger partial charge in [0, 0.05) is 6.42 Å². The van der Waals surface area contributed by atoms with Gasteiger partial charge in [-0.05, 0) is 51.4 Å². The number of rotatable bonds is 32. The van der Waals surface area contributed by atoms with Gasteiger partial charge < -0.3 is 19.8 Å². The average Bonchev–Trinajstić information content (AvgIpc) is 3.01. The number of quaternary nitrogens is 1. The topological polar surface area (TPSA) is 105 Å². The Bertz CT molecular complexity index is 912. The van der Waals surface area contributed by atoms with E-state index in [9.17, 15) is 19.4 Å². The molecule has 3 N–H and O–H groups in total. The summed E-state index contributed by atoms with van der Waals surface area (Å²) in [6.07, 6.45) is 36.0. The zero-order valence-electron chi connectivity index (χ0n) is 30.8. The van der Waals surface area contributed by atoms with Gasteiger partial charge in [-0.25, -0.2) is 4.57 Å². The van der Waals surface area contributed by atoms with E-state index >= 15 is 0 Å². The Hall–Kier alpha value is -1.54. The third-order valence-corrected chi connectivity index (χ3v) is 8.79. The number of hydrogen-bond donors (Lipinski definition) is 3. The van der Waals surface area contributed by atoms with E-state index < -0.39 is 20.0 Å². The number of aliphatic hydroxyl groups is 1. The van der Waals surface area contributed by atoms with Gasteiger partial charge in [0.05, 0.1) is 39.9 Å². The quantitative estimate of drug-likeness (QED) is 0.0283. The summed E-state index contributed by atoms with van der Waals surface area (Å²) in [6, 6.07) is -0.853. The number of likely N-dealkylation sites (N-methyl/N-ethyl adjacent to an activating group) is 1. The van der Waals surface area contributed by atoms with Crippen molar-refractivity contribution in [3.05, 3.63) is 48.6 Å². The number of carbonyl (C=O) groups excluding carboxylic acids is 1. The normalized spacial score (nSPS) is 15.3. The number of phosphoric ester groups is 1. The molecular weight excluding hydrogens is 611 g/mol. The second-order valence-electron chi connectivity index (χ2n) is 13.6. The molecule has 0 aromatic heterocycles. The van der Waals surface area contributed by atoms with E-state index in [-0.39, 0.29) is 19.1 Å². The van der Waals surface area contributed by atoms with Crippen molar-refractivity contribution >= 4 is 13.7 Å². The fourth-order valence-corrected chi connectivity index (χ4v) is 5.55. The van der Waals surface area contributed by atoms with Crippen LogP contribution in [0.25, 0.3) is 0 Å². The van der Waals surface area contributed by atoms with E-state index in [1.54, 1.807) is 6.08 Å². The van der Waals surface area contributed by atoms with Crippen molar-refractivity contribution in [2.45, 2.75) is 148 Å². The molecule has 0 radical (unpaired) electrons. The molecule has 0 aromatic rings. The van der Waals surface area contributed by atoms with Gasteiger partial charge in [-0.2, -0.15) is 0 Å². The maximum Gasteiger partial charge on any atom is 0.472 e. The first-order valence-corrected chi connectivity index (χ1v) is 20.0. The molecule has 0 aromatic carbocycles. The van der Waals surface area contributed by atoms with Crippen LogP contribution in [-0.4, -0.2) is 73.4 Å². The van der Waals surface area contributed by atoms with Crippen LogP contribution in [0.3, 0.4) is 0 Å². The Balaban J connectivity index is 4.57. The summed E-state index contributed by atoms with van der Waals surface area (Å²) in [5, 5.41) is 13.7. The van der Waals surface area contributed by atoms with E-state index in [2.05, 4.69) is 55.6 Å². The smallest absolute Gasteiger partial charge is 0.387 e. The molecule has 1 amide bonds. The summed E-state index contributed by atoms with van der Waals surface area (Å²) >= 11 is 0. The summed E-state index contributed by atoms with van der Waals surface area (Å²) in [5.41, 5.74) is 0. The van der Waals surface area contributed by atoms with Crippen molar-refractivity contribution in [1.29, 1.82) is 0 Å². The van der Waals surface area contributed by atoms with E-state index in [1.807, 2.05) is 27.2 Å². The minimum Gasteiger partial charge on any atom is -0.387 e. The molecule has 0 heterocycles. The summed E-state index contributed by atoms with van der Waals surface area (Å²) < 4.78 is 23.4. The first-order chi connectivity index (χ1) is 22.5. The van der Waals surface area contributed by atoms with Crippen LogP contribution in [0.5, 0.6) is 0 Å². The molecule has 0 fully saturated rings. The summed E-state index contributed by atoms with van der Waals surface area (Å²) in [4.78, 5) is 22.9. The molecule has 274 valence electrons. The van der Waals surface area contributed by atoms with Crippen LogP contribution in [0.4, 0.5) is 0 Å². The summed E-state index contributed by atoms with van der Waals surface area (Å²) in [6.45, 7) is 4.63. The van der Waals surface area contributed by atoms with Gasteiger partial charge in [0.15, 0.2) is 0 Å². The lowest BCUT2D eigenvalue weighted by Crippen LogP contribution is -2.45. The van der Waals surface area contributed by atoms with Gasteiger partial charge in [-0.1, -0.05) is 127 Å². The highest BCUT2D eigenvalue weighted by Gasteiger charge is 2.27. The van der Waals surface area contributed by atoms with Gasteiger partial charge in [0.2, 0.25) is 5.91 Å². The molecule has 3 atom stereocenters. The number of nitrogens with zero attached hydrogens (tertiary/aromatic N) is 1. The lowest BCUT2D eigenvalue weighted by molar-refractivity contribution is -0.870. The van der Waals surface area contributed by atoms with E-state index in [0.717, 1.165) is 77.0 Å². The predicted molar refractivity (Wildman–Crippen MR) is 198 cm³/mol. The van der Waals surface area contributed by atoms with Crippen molar-refractivity contribution in [3.8, 4) is 0 Å². The van der Waals surface area contributed by atoms with Crippen LogP contribution in [0.1, 0.15) is 136 Å². The van der Waals surface area contributed by atoms with E-state index in [4.69, 9.17) is 9.05 Å².